The van der Waals surface area contributed by atoms with Gasteiger partial charge in [0.05, 0.1) is 39.6 Å². The molecule has 1 atom stereocenters. The van der Waals surface area contributed by atoms with Gasteiger partial charge in [0.1, 0.15) is 5.75 Å². The van der Waals surface area contributed by atoms with Crippen molar-refractivity contribution in [2.75, 3.05) is 46.6 Å². The largest absolute Gasteiger partial charge is 0.496 e. The van der Waals surface area contributed by atoms with E-state index in [4.69, 9.17) is 14.2 Å². The molecule has 1 N–H and O–H groups in total. The number of β-amino-alcohol motifs (C(OH)–C–C–N with tert-alkyl or cyclic N) is 1. The Morgan fingerprint density at radius 1 is 1.30 bits per heavy atom. The smallest absolute Gasteiger partial charge is 0.124 e. The van der Waals surface area contributed by atoms with Crippen LogP contribution >= 0.6 is 0 Å². The van der Waals surface area contributed by atoms with E-state index in [0.29, 0.717) is 19.8 Å². The Balaban J connectivity index is 1.69. The molecule has 20 heavy (non-hydrogen) atoms. The molecule has 1 aliphatic heterocycles. The van der Waals surface area contributed by atoms with Gasteiger partial charge in [-0.1, -0.05) is 18.2 Å². The lowest BCUT2D eigenvalue weighted by molar-refractivity contribution is -0.0177. The molecule has 0 saturated carbocycles. The zero-order valence-electron chi connectivity index (χ0n) is 12.0. The highest BCUT2D eigenvalue weighted by Gasteiger charge is 2.15. The normalized spacial score (nSPS) is 17.9. The van der Waals surface area contributed by atoms with E-state index < -0.39 is 6.10 Å². The van der Waals surface area contributed by atoms with Crippen molar-refractivity contribution in [2.24, 2.45) is 0 Å². The number of hydrogen-bond donors (Lipinski definition) is 1. The minimum atomic E-state index is -0.470. The molecule has 0 bridgehead atoms. The van der Waals surface area contributed by atoms with E-state index in [1.54, 1.807) is 7.11 Å². The molecular weight excluding hydrogens is 258 g/mol. The van der Waals surface area contributed by atoms with Gasteiger partial charge in [0.2, 0.25) is 0 Å². The Morgan fingerprint density at radius 2 is 2.05 bits per heavy atom. The maximum atomic E-state index is 9.97. The lowest BCUT2D eigenvalue weighted by Gasteiger charge is -2.28. The predicted molar refractivity (Wildman–Crippen MR) is 75.9 cm³/mol. The first-order chi connectivity index (χ1) is 9.79. The summed E-state index contributed by atoms with van der Waals surface area (Å²) in [5.74, 6) is 0.815. The number of morpholine rings is 1. The van der Waals surface area contributed by atoms with Gasteiger partial charge in [-0.05, 0) is 6.07 Å². The summed E-state index contributed by atoms with van der Waals surface area (Å²) in [5.41, 5.74) is 0.994. The van der Waals surface area contributed by atoms with Gasteiger partial charge >= 0.3 is 0 Å². The van der Waals surface area contributed by atoms with Crippen LogP contribution in [0.4, 0.5) is 0 Å². The Bertz CT molecular complexity index is 393. The summed E-state index contributed by atoms with van der Waals surface area (Å²) in [6, 6.07) is 7.75. The molecule has 1 aromatic carbocycles. The molecule has 1 unspecified atom stereocenters. The number of para-hydroxylation sites is 1. The maximum Gasteiger partial charge on any atom is 0.124 e. The highest BCUT2D eigenvalue weighted by atomic mass is 16.5. The van der Waals surface area contributed by atoms with Crippen LogP contribution < -0.4 is 4.74 Å². The fourth-order valence-corrected chi connectivity index (χ4v) is 2.26. The molecule has 0 aromatic heterocycles. The van der Waals surface area contributed by atoms with Gasteiger partial charge in [-0.15, -0.1) is 0 Å². The average molecular weight is 281 g/mol. The molecule has 5 nitrogen and oxygen atoms in total. The molecule has 0 spiro atoms. The predicted octanol–water partition coefficient (Wildman–Crippen LogP) is 0.905. The van der Waals surface area contributed by atoms with Crippen LogP contribution in [0.2, 0.25) is 0 Å². The highest BCUT2D eigenvalue weighted by Crippen LogP contribution is 2.18. The highest BCUT2D eigenvalue weighted by molar-refractivity contribution is 5.32. The third-order valence-corrected chi connectivity index (χ3v) is 3.33. The van der Waals surface area contributed by atoms with Crippen LogP contribution in [0, 0.1) is 0 Å². The van der Waals surface area contributed by atoms with E-state index in [0.717, 1.165) is 37.6 Å². The van der Waals surface area contributed by atoms with Gasteiger partial charge in [0.15, 0.2) is 0 Å². The summed E-state index contributed by atoms with van der Waals surface area (Å²) in [5, 5.41) is 9.97. The van der Waals surface area contributed by atoms with Crippen molar-refractivity contribution in [1.82, 2.24) is 4.90 Å². The quantitative estimate of drug-likeness (QED) is 0.805. The van der Waals surface area contributed by atoms with Crippen molar-refractivity contribution in [3.05, 3.63) is 29.8 Å². The summed E-state index contributed by atoms with van der Waals surface area (Å²) >= 11 is 0. The molecule has 1 heterocycles. The number of benzene rings is 1. The Kier molecular flexibility index (Phi) is 6.26. The summed E-state index contributed by atoms with van der Waals surface area (Å²) < 4.78 is 16.1. The van der Waals surface area contributed by atoms with E-state index >= 15 is 0 Å². The van der Waals surface area contributed by atoms with Crippen LogP contribution in [0.25, 0.3) is 0 Å². The first-order valence-corrected chi connectivity index (χ1v) is 6.97. The van der Waals surface area contributed by atoms with E-state index in [2.05, 4.69) is 4.90 Å². The maximum absolute atomic E-state index is 9.97. The van der Waals surface area contributed by atoms with Crippen molar-refractivity contribution in [1.29, 1.82) is 0 Å². The van der Waals surface area contributed by atoms with Gasteiger partial charge in [-0.25, -0.2) is 0 Å². The number of nitrogens with zero attached hydrogens (tertiary/aromatic N) is 1. The van der Waals surface area contributed by atoms with Crippen LogP contribution in [0.5, 0.6) is 5.75 Å². The van der Waals surface area contributed by atoms with E-state index in [1.807, 2.05) is 24.3 Å². The van der Waals surface area contributed by atoms with E-state index in [9.17, 15) is 5.11 Å². The van der Waals surface area contributed by atoms with Crippen LogP contribution in [-0.2, 0) is 16.1 Å². The number of aliphatic hydroxyl groups is 1. The van der Waals surface area contributed by atoms with Crippen molar-refractivity contribution in [2.45, 2.75) is 12.7 Å². The Morgan fingerprint density at radius 3 is 2.80 bits per heavy atom. The second kappa shape index (κ2) is 8.21. The van der Waals surface area contributed by atoms with Crippen LogP contribution in [-0.4, -0.2) is 62.7 Å². The minimum Gasteiger partial charge on any atom is -0.496 e. The zero-order chi connectivity index (χ0) is 14.2. The topological polar surface area (TPSA) is 51.2 Å². The molecule has 1 fully saturated rings. The minimum absolute atomic E-state index is 0.329. The second-order valence-corrected chi connectivity index (χ2v) is 4.89. The monoisotopic (exact) mass is 281 g/mol. The first kappa shape index (κ1) is 15.3. The summed E-state index contributed by atoms with van der Waals surface area (Å²) in [6.07, 6.45) is -0.470. The fraction of sp³-hybridized carbons (Fsp3) is 0.600. The molecule has 5 heteroatoms. The van der Waals surface area contributed by atoms with Gasteiger partial charge in [0, 0.05) is 25.2 Å². The van der Waals surface area contributed by atoms with Gasteiger partial charge in [-0.2, -0.15) is 0 Å². The van der Waals surface area contributed by atoms with Crippen LogP contribution in [0.15, 0.2) is 24.3 Å². The number of ether oxygens (including phenoxy) is 3. The van der Waals surface area contributed by atoms with E-state index in [1.165, 1.54) is 0 Å². The van der Waals surface area contributed by atoms with Crippen molar-refractivity contribution in [3.63, 3.8) is 0 Å². The second-order valence-electron chi connectivity index (χ2n) is 4.89. The van der Waals surface area contributed by atoms with Crippen LogP contribution in [0.3, 0.4) is 0 Å². The Hall–Kier alpha value is -1.14. The third kappa shape index (κ3) is 4.76. The summed E-state index contributed by atoms with van der Waals surface area (Å²) in [7, 11) is 1.64. The molecule has 0 radical (unpaired) electrons. The van der Waals surface area contributed by atoms with Crippen molar-refractivity contribution in [3.8, 4) is 5.75 Å². The lowest BCUT2D eigenvalue weighted by Crippen LogP contribution is -2.42. The molecule has 1 aliphatic rings. The zero-order valence-corrected chi connectivity index (χ0v) is 12.0. The summed E-state index contributed by atoms with van der Waals surface area (Å²) in [4.78, 5) is 2.20. The van der Waals surface area contributed by atoms with Crippen LogP contribution in [0.1, 0.15) is 5.56 Å². The third-order valence-electron chi connectivity index (χ3n) is 3.33. The van der Waals surface area contributed by atoms with Gasteiger partial charge in [0.25, 0.3) is 0 Å². The summed E-state index contributed by atoms with van der Waals surface area (Å²) in [6.45, 7) is 4.66. The standard InChI is InChI=1S/C15H23NO4/c1-18-15-5-3-2-4-13(15)11-20-12-14(17)10-16-6-8-19-9-7-16/h2-5,14,17H,6-12H2,1H3. The molecule has 1 saturated heterocycles. The number of hydrogen-bond acceptors (Lipinski definition) is 5. The van der Waals surface area contributed by atoms with Crippen molar-refractivity contribution < 1.29 is 19.3 Å². The molecule has 112 valence electrons. The average Bonchev–Trinajstić information content (AvgIpc) is 2.49. The SMILES string of the molecule is COc1ccccc1COCC(O)CN1CCOCC1. The van der Waals surface area contributed by atoms with Gasteiger partial charge < -0.3 is 19.3 Å². The molecule has 0 aliphatic carbocycles. The number of rotatable bonds is 7. The Labute approximate surface area is 120 Å². The van der Waals surface area contributed by atoms with E-state index in [-0.39, 0.29) is 0 Å². The lowest BCUT2D eigenvalue weighted by atomic mass is 10.2. The first-order valence-electron chi connectivity index (χ1n) is 6.97. The molecule has 2 rings (SSSR count). The fourth-order valence-electron chi connectivity index (χ4n) is 2.26. The van der Waals surface area contributed by atoms with Gasteiger partial charge in [-0.3, -0.25) is 4.90 Å². The number of methoxy groups -OCH3 is 1. The number of aliphatic hydroxyl groups excluding tert-OH is 1. The molecule has 0 amide bonds. The van der Waals surface area contributed by atoms with Crippen molar-refractivity contribution >= 4 is 0 Å². The molecule has 1 aromatic rings. The molecular formula is C15H23NO4.